The number of carboxylic acids is 1. The highest BCUT2D eigenvalue weighted by Crippen LogP contribution is 2.21. The van der Waals surface area contributed by atoms with Crippen molar-refractivity contribution in [1.82, 2.24) is 4.90 Å². The molecule has 7 heteroatoms. The lowest BCUT2D eigenvalue weighted by molar-refractivity contribution is -0.145. The number of aliphatic hydroxyl groups excluding tert-OH is 1. The zero-order valence-electron chi connectivity index (χ0n) is 8.00. The third kappa shape index (κ3) is 2.57. The van der Waals surface area contributed by atoms with Crippen LogP contribution in [0.5, 0.6) is 0 Å². The summed E-state index contributed by atoms with van der Waals surface area (Å²) in [5.74, 6) is -1.22. The number of aliphatic hydroxyl groups is 1. The van der Waals surface area contributed by atoms with Gasteiger partial charge in [-0.2, -0.15) is 0 Å². The summed E-state index contributed by atoms with van der Waals surface area (Å²) in [6.45, 7) is -0.0553. The van der Waals surface area contributed by atoms with Crippen LogP contribution in [0.15, 0.2) is 0 Å². The quantitative estimate of drug-likeness (QED) is 0.571. The highest BCUT2D eigenvalue weighted by Gasteiger charge is 2.42. The van der Waals surface area contributed by atoms with Crippen LogP contribution in [-0.2, 0) is 9.53 Å². The first kappa shape index (κ1) is 11.7. The fourth-order valence-electron chi connectivity index (χ4n) is 1.65. The van der Waals surface area contributed by atoms with Crippen molar-refractivity contribution in [2.45, 2.75) is 18.6 Å². The molecule has 0 spiro atoms. The van der Waals surface area contributed by atoms with Gasteiger partial charge in [-0.05, 0) is 6.42 Å². The van der Waals surface area contributed by atoms with Gasteiger partial charge in [-0.1, -0.05) is 0 Å². The lowest BCUT2D eigenvalue weighted by Crippen LogP contribution is -2.45. The summed E-state index contributed by atoms with van der Waals surface area (Å²) in [5.41, 5.74) is 0. The average molecular weight is 219 g/mol. The molecule has 1 heterocycles. The van der Waals surface area contributed by atoms with Gasteiger partial charge in [0.15, 0.2) is 6.04 Å². The molecule has 0 aliphatic carbocycles. The number of aliphatic carboxylic acids is 1. The van der Waals surface area contributed by atoms with Crippen molar-refractivity contribution in [3.8, 4) is 0 Å². The zero-order valence-corrected chi connectivity index (χ0v) is 8.00. The number of hydrogen-bond donors (Lipinski definition) is 3. The Balaban J connectivity index is 2.66. The minimum Gasteiger partial charge on any atom is -0.480 e. The van der Waals surface area contributed by atoms with E-state index in [4.69, 9.17) is 20.1 Å². The van der Waals surface area contributed by atoms with Gasteiger partial charge in [0.2, 0.25) is 0 Å². The molecule has 2 atom stereocenters. The minimum absolute atomic E-state index is 0.0158. The molecule has 1 rings (SSSR count). The number of carboxylic acid groups (broad SMARTS) is 2. The van der Waals surface area contributed by atoms with Crippen LogP contribution in [-0.4, -0.2) is 64.2 Å². The van der Waals surface area contributed by atoms with Gasteiger partial charge in [-0.25, -0.2) is 9.59 Å². The topological polar surface area (TPSA) is 107 Å². The van der Waals surface area contributed by atoms with Crippen molar-refractivity contribution in [2.75, 3.05) is 19.8 Å². The van der Waals surface area contributed by atoms with Crippen LogP contribution >= 0.6 is 0 Å². The molecule has 1 saturated heterocycles. The van der Waals surface area contributed by atoms with Crippen molar-refractivity contribution < 1.29 is 29.6 Å². The number of hydrogen-bond acceptors (Lipinski definition) is 4. The van der Waals surface area contributed by atoms with Crippen LogP contribution in [0, 0.1) is 0 Å². The van der Waals surface area contributed by atoms with E-state index in [1.54, 1.807) is 0 Å². The Morgan fingerprint density at radius 3 is 2.53 bits per heavy atom. The molecule has 1 amide bonds. The average Bonchev–Trinajstić information content (AvgIpc) is 2.58. The van der Waals surface area contributed by atoms with Crippen LogP contribution < -0.4 is 0 Å². The fourth-order valence-corrected chi connectivity index (χ4v) is 1.65. The molecule has 3 N–H and O–H groups in total. The van der Waals surface area contributed by atoms with Gasteiger partial charge in [-0.15, -0.1) is 0 Å². The van der Waals surface area contributed by atoms with E-state index >= 15 is 0 Å². The summed E-state index contributed by atoms with van der Waals surface area (Å²) in [5, 5.41) is 26.1. The summed E-state index contributed by atoms with van der Waals surface area (Å²) in [6, 6.07) is -1.17. The molecule has 86 valence electrons. The van der Waals surface area contributed by atoms with Crippen molar-refractivity contribution >= 4 is 12.1 Å². The minimum atomic E-state index is -1.27. The monoisotopic (exact) mass is 219 g/mol. The molecule has 15 heavy (non-hydrogen) atoms. The summed E-state index contributed by atoms with van der Waals surface area (Å²) in [4.78, 5) is 22.4. The number of rotatable bonds is 4. The Kier molecular flexibility index (Phi) is 3.87. The second kappa shape index (κ2) is 4.94. The van der Waals surface area contributed by atoms with E-state index in [1.165, 1.54) is 0 Å². The Morgan fingerprint density at radius 2 is 2.07 bits per heavy atom. The lowest BCUT2D eigenvalue weighted by atomic mass is 10.2. The maximum absolute atomic E-state index is 10.8. The third-order valence-corrected chi connectivity index (χ3v) is 2.26. The van der Waals surface area contributed by atoms with Crippen LogP contribution in [0.1, 0.15) is 6.42 Å². The molecular formula is C8H13NO6. The normalized spacial score (nSPS) is 25.5. The van der Waals surface area contributed by atoms with E-state index in [9.17, 15) is 9.59 Å². The smallest absolute Gasteiger partial charge is 0.408 e. The molecule has 0 unspecified atom stereocenters. The lowest BCUT2D eigenvalue weighted by Gasteiger charge is -2.21. The Labute approximate surface area is 85.9 Å². The van der Waals surface area contributed by atoms with Gasteiger partial charge in [0.25, 0.3) is 0 Å². The first-order valence-corrected chi connectivity index (χ1v) is 4.52. The number of likely N-dealkylation sites (tertiary alicyclic amines) is 1. The predicted molar refractivity (Wildman–Crippen MR) is 47.6 cm³/mol. The molecule has 0 aromatic rings. The van der Waals surface area contributed by atoms with E-state index in [-0.39, 0.29) is 19.8 Å². The second-order valence-electron chi connectivity index (χ2n) is 3.18. The predicted octanol–water partition coefficient (Wildman–Crippen LogP) is -0.799. The van der Waals surface area contributed by atoms with Crippen molar-refractivity contribution in [3.63, 3.8) is 0 Å². The molecule has 0 radical (unpaired) electrons. The zero-order chi connectivity index (χ0) is 11.4. The summed E-state index contributed by atoms with van der Waals surface area (Å²) >= 11 is 0. The van der Waals surface area contributed by atoms with Crippen LogP contribution in [0.25, 0.3) is 0 Å². The Morgan fingerprint density at radius 1 is 1.40 bits per heavy atom. The van der Waals surface area contributed by atoms with Gasteiger partial charge < -0.3 is 20.1 Å². The SMILES string of the molecule is O=C(O)[C@@H]1[C@@H](OCCO)CCN1C(=O)O. The van der Waals surface area contributed by atoms with Gasteiger partial charge in [-0.3, -0.25) is 4.90 Å². The number of ether oxygens (including phenoxy) is 1. The number of nitrogens with zero attached hydrogens (tertiary/aromatic N) is 1. The van der Waals surface area contributed by atoms with Crippen molar-refractivity contribution in [2.24, 2.45) is 0 Å². The second-order valence-corrected chi connectivity index (χ2v) is 3.18. The molecule has 0 saturated carbocycles. The molecule has 1 fully saturated rings. The Bertz CT molecular complexity index is 256. The molecule has 0 bridgehead atoms. The highest BCUT2D eigenvalue weighted by molar-refractivity contribution is 5.80. The largest absolute Gasteiger partial charge is 0.480 e. The molecule has 1 aliphatic rings. The molecule has 0 aromatic heterocycles. The molecule has 1 aliphatic heterocycles. The fraction of sp³-hybridized carbons (Fsp3) is 0.750. The highest BCUT2D eigenvalue weighted by atomic mass is 16.5. The van der Waals surface area contributed by atoms with E-state index in [1.807, 2.05) is 0 Å². The molecular weight excluding hydrogens is 206 g/mol. The first-order chi connectivity index (χ1) is 7.07. The van der Waals surface area contributed by atoms with E-state index < -0.39 is 24.2 Å². The van der Waals surface area contributed by atoms with Crippen LogP contribution in [0.3, 0.4) is 0 Å². The maximum Gasteiger partial charge on any atom is 0.408 e. The van der Waals surface area contributed by atoms with E-state index in [0.717, 1.165) is 4.90 Å². The van der Waals surface area contributed by atoms with Crippen LogP contribution in [0.2, 0.25) is 0 Å². The standard InChI is InChI=1S/C8H13NO6/c10-3-4-15-5-1-2-9(8(13)14)6(5)7(11)12/h5-6,10H,1-4H2,(H,11,12)(H,13,14)/t5-,6-/m0/s1. The number of amides is 1. The summed E-state index contributed by atoms with van der Waals surface area (Å²) < 4.78 is 5.07. The van der Waals surface area contributed by atoms with Gasteiger partial charge in [0, 0.05) is 6.54 Å². The van der Waals surface area contributed by atoms with E-state index in [0.29, 0.717) is 6.42 Å². The maximum atomic E-state index is 10.8. The Hall–Kier alpha value is -1.34. The van der Waals surface area contributed by atoms with Gasteiger partial charge in [0.1, 0.15) is 0 Å². The number of carbonyl (C=O) groups is 2. The van der Waals surface area contributed by atoms with Gasteiger partial charge in [0.05, 0.1) is 19.3 Å². The van der Waals surface area contributed by atoms with Crippen molar-refractivity contribution in [1.29, 1.82) is 0 Å². The molecule has 7 nitrogen and oxygen atoms in total. The first-order valence-electron chi connectivity index (χ1n) is 4.52. The van der Waals surface area contributed by atoms with E-state index in [2.05, 4.69) is 0 Å². The van der Waals surface area contributed by atoms with Crippen molar-refractivity contribution in [3.05, 3.63) is 0 Å². The summed E-state index contributed by atoms with van der Waals surface area (Å²) in [7, 11) is 0. The summed E-state index contributed by atoms with van der Waals surface area (Å²) in [6.07, 6.45) is -1.60. The van der Waals surface area contributed by atoms with Crippen LogP contribution in [0.4, 0.5) is 4.79 Å². The van der Waals surface area contributed by atoms with Gasteiger partial charge >= 0.3 is 12.1 Å². The molecule has 0 aromatic carbocycles. The third-order valence-electron chi connectivity index (χ3n) is 2.26.